The van der Waals surface area contributed by atoms with Crippen molar-refractivity contribution in [3.8, 4) is 0 Å². The van der Waals surface area contributed by atoms with Crippen molar-refractivity contribution in [3.05, 3.63) is 12.2 Å². The van der Waals surface area contributed by atoms with Crippen molar-refractivity contribution < 1.29 is 19.4 Å². The molecule has 7 atom stereocenters. The van der Waals surface area contributed by atoms with Gasteiger partial charge in [-0.05, 0) is 38.0 Å². The first-order valence-electron chi connectivity index (χ1n) is 7.19. The maximum absolute atomic E-state index is 12.0. The SMILES string of the molecule is C=C1C(=O)O[C@@H]2[C@]3(C)O[C@@H]3C[C@H]3[C@H](C)CC[C@@H]1[C@@]23O. The Morgan fingerprint density at radius 2 is 2.16 bits per heavy atom. The van der Waals surface area contributed by atoms with Gasteiger partial charge in [-0.2, -0.15) is 0 Å². The van der Waals surface area contributed by atoms with Gasteiger partial charge in [-0.3, -0.25) is 0 Å². The maximum atomic E-state index is 12.0. The highest BCUT2D eigenvalue weighted by Gasteiger charge is 2.76. The van der Waals surface area contributed by atoms with E-state index in [0.717, 1.165) is 19.3 Å². The Morgan fingerprint density at radius 1 is 1.42 bits per heavy atom. The van der Waals surface area contributed by atoms with Crippen LogP contribution in [0.25, 0.3) is 0 Å². The second-order valence-electron chi connectivity index (χ2n) is 6.94. The molecule has 0 aromatic rings. The molecule has 0 bridgehead atoms. The Hall–Kier alpha value is -0.870. The van der Waals surface area contributed by atoms with Crippen molar-refractivity contribution in [2.24, 2.45) is 17.8 Å². The fourth-order valence-electron chi connectivity index (χ4n) is 4.84. The molecule has 4 aliphatic rings. The molecule has 0 aromatic carbocycles. The molecule has 19 heavy (non-hydrogen) atoms. The lowest BCUT2D eigenvalue weighted by atomic mass is 9.53. The van der Waals surface area contributed by atoms with E-state index in [-0.39, 0.29) is 23.9 Å². The van der Waals surface area contributed by atoms with Gasteiger partial charge in [0, 0.05) is 11.5 Å². The van der Waals surface area contributed by atoms with Crippen molar-refractivity contribution in [1.82, 2.24) is 0 Å². The Labute approximate surface area is 112 Å². The second kappa shape index (κ2) is 3.23. The minimum atomic E-state index is -0.982. The molecule has 0 aromatic heterocycles. The van der Waals surface area contributed by atoms with Gasteiger partial charge in [-0.25, -0.2) is 4.79 Å². The highest BCUT2D eigenvalue weighted by molar-refractivity contribution is 5.90. The summed E-state index contributed by atoms with van der Waals surface area (Å²) in [5, 5.41) is 11.4. The average molecular weight is 264 g/mol. The van der Waals surface area contributed by atoms with Crippen LogP contribution in [0.2, 0.25) is 0 Å². The van der Waals surface area contributed by atoms with Gasteiger partial charge in [0.25, 0.3) is 0 Å². The fraction of sp³-hybridized carbons (Fsp3) is 0.800. The van der Waals surface area contributed by atoms with E-state index in [0.29, 0.717) is 11.5 Å². The predicted octanol–water partition coefficient (Wildman–Crippen LogP) is 1.42. The summed E-state index contributed by atoms with van der Waals surface area (Å²) in [5.74, 6) is 0.0519. The summed E-state index contributed by atoms with van der Waals surface area (Å²) >= 11 is 0. The lowest BCUT2D eigenvalue weighted by molar-refractivity contribution is -0.230. The lowest BCUT2D eigenvalue weighted by Crippen LogP contribution is -2.69. The van der Waals surface area contributed by atoms with Crippen molar-refractivity contribution >= 4 is 5.97 Å². The minimum absolute atomic E-state index is 0.128. The molecule has 0 amide bonds. The number of esters is 1. The Bertz CT molecular complexity index is 487. The number of hydrogen-bond donors (Lipinski definition) is 1. The van der Waals surface area contributed by atoms with Crippen molar-refractivity contribution in [1.29, 1.82) is 0 Å². The first-order valence-corrected chi connectivity index (χ1v) is 7.19. The molecule has 104 valence electrons. The molecule has 0 unspecified atom stereocenters. The summed E-state index contributed by atoms with van der Waals surface area (Å²) in [6.45, 7) is 8.00. The monoisotopic (exact) mass is 264 g/mol. The van der Waals surface area contributed by atoms with E-state index in [1.807, 2.05) is 6.92 Å². The summed E-state index contributed by atoms with van der Waals surface area (Å²) in [7, 11) is 0. The molecule has 4 rings (SSSR count). The largest absolute Gasteiger partial charge is 0.453 e. The molecule has 2 heterocycles. The van der Waals surface area contributed by atoms with E-state index in [1.165, 1.54) is 0 Å². The number of fused-ring (bicyclic) bond motifs is 2. The summed E-state index contributed by atoms with van der Waals surface area (Å²) in [5.41, 5.74) is -1.03. The highest BCUT2D eigenvalue weighted by atomic mass is 16.7. The van der Waals surface area contributed by atoms with Crippen LogP contribution >= 0.6 is 0 Å². The van der Waals surface area contributed by atoms with E-state index < -0.39 is 17.3 Å². The zero-order chi connectivity index (χ0) is 13.6. The first-order chi connectivity index (χ1) is 8.89. The zero-order valence-corrected chi connectivity index (χ0v) is 11.4. The number of hydrogen-bond acceptors (Lipinski definition) is 4. The highest BCUT2D eigenvalue weighted by Crippen LogP contribution is 2.63. The third kappa shape index (κ3) is 1.20. The maximum Gasteiger partial charge on any atom is 0.334 e. The molecule has 2 saturated carbocycles. The summed E-state index contributed by atoms with van der Waals surface area (Å²) in [4.78, 5) is 12.0. The molecule has 2 aliphatic carbocycles. The molecule has 4 nitrogen and oxygen atoms in total. The summed E-state index contributed by atoms with van der Waals surface area (Å²) in [6, 6.07) is 0. The number of carbonyl (C=O) groups excluding carboxylic acids is 1. The Kier molecular flexibility index (Phi) is 2.03. The van der Waals surface area contributed by atoms with E-state index in [9.17, 15) is 9.90 Å². The normalized spacial score (nSPS) is 59.0. The van der Waals surface area contributed by atoms with Crippen molar-refractivity contribution in [3.63, 3.8) is 0 Å². The number of ether oxygens (including phenoxy) is 2. The van der Waals surface area contributed by atoms with Crippen LogP contribution in [0.15, 0.2) is 12.2 Å². The molecule has 2 saturated heterocycles. The third-order valence-corrected chi connectivity index (χ3v) is 6.04. The predicted molar refractivity (Wildman–Crippen MR) is 67.2 cm³/mol. The Balaban J connectivity index is 1.85. The fourth-order valence-corrected chi connectivity index (χ4v) is 4.84. The van der Waals surface area contributed by atoms with Crippen molar-refractivity contribution in [2.45, 2.75) is 56.5 Å². The van der Waals surface area contributed by atoms with Crippen LogP contribution in [0.4, 0.5) is 0 Å². The van der Waals surface area contributed by atoms with Crippen LogP contribution in [-0.2, 0) is 14.3 Å². The Morgan fingerprint density at radius 3 is 2.89 bits per heavy atom. The van der Waals surface area contributed by atoms with Crippen molar-refractivity contribution in [2.75, 3.05) is 0 Å². The topological polar surface area (TPSA) is 59.1 Å². The number of aliphatic hydroxyl groups is 1. The number of carbonyl (C=O) groups is 1. The van der Waals surface area contributed by atoms with Gasteiger partial charge in [0.1, 0.15) is 11.2 Å². The van der Waals surface area contributed by atoms with Crippen LogP contribution in [-0.4, -0.2) is 34.5 Å². The van der Waals surface area contributed by atoms with Gasteiger partial charge in [0.05, 0.1) is 6.10 Å². The van der Waals surface area contributed by atoms with Crippen LogP contribution in [0, 0.1) is 17.8 Å². The number of epoxide rings is 1. The number of rotatable bonds is 0. The van der Waals surface area contributed by atoms with Gasteiger partial charge < -0.3 is 14.6 Å². The molecular weight excluding hydrogens is 244 g/mol. The van der Waals surface area contributed by atoms with E-state index in [1.54, 1.807) is 0 Å². The van der Waals surface area contributed by atoms with E-state index in [2.05, 4.69) is 13.5 Å². The summed E-state index contributed by atoms with van der Waals surface area (Å²) < 4.78 is 11.3. The van der Waals surface area contributed by atoms with Gasteiger partial charge >= 0.3 is 5.97 Å². The van der Waals surface area contributed by atoms with Crippen LogP contribution in [0.1, 0.15) is 33.1 Å². The van der Waals surface area contributed by atoms with E-state index in [4.69, 9.17) is 9.47 Å². The van der Waals surface area contributed by atoms with Gasteiger partial charge in [-0.1, -0.05) is 13.5 Å². The molecule has 2 aliphatic heterocycles. The molecule has 4 fully saturated rings. The van der Waals surface area contributed by atoms with Crippen LogP contribution in [0.5, 0.6) is 0 Å². The minimum Gasteiger partial charge on any atom is -0.453 e. The summed E-state index contributed by atoms with van der Waals surface area (Å²) in [6.07, 6.45) is 2.31. The van der Waals surface area contributed by atoms with Gasteiger partial charge in [0.15, 0.2) is 6.10 Å². The molecule has 0 spiro atoms. The van der Waals surface area contributed by atoms with Gasteiger partial charge in [-0.15, -0.1) is 0 Å². The van der Waals surface area contributed by atoms with Crippen LogP contribution < -0.4 is 0 Å². The first kappa shape index (κ1) is 11.9. The molecule has 1 N–H and O–H groups in total. The molecular formula is C15H20O4. The van der Waals surface area contributed by atoms with E-state index >= 15 is 0 Å². The third-order valence-electron chi connectivity index (χ3n) is 6.04. The quantitative estimate of drug-likeness (QED) is 0.408. The standard InChI is InChI=1S/C15H20O4/c1-7-4-5-9-8(2)12(16)18-13-14(3)11(19-14)6-10(7)15(9,13)17/h7,9-11,13,17H,2,4-6H2,1,3H3/t7-,9+,10+,11-,13-,14-,15+/m1/s1. The lowest BCUT2D eigenvalue weighted by Gasteiger charge is -2.57. The average Bonchev–Trinajstić information content (AvgIpc) is 3.01. The molecule has 4 heteroatoms. The van der Waals surface area contributed by atoms with Crippen LogP contribution in [0.3, 0.4) is 0 Å². The zero-order valence-electron chi connectivity index (χ0n) is 11.4. The molecule has 0 radical (unpaired) electrons. The second-order valence-corrected chi connectivity index (χ2v) is 6.94. The smallest absolute Gasteiger partial charge is 0.334 e. The van der Waals surface area contributed by atoms with Gasteiger partial charge in [0.2, 0.25) is 0 Å².